The molecule has 0 aliphatic heterocycles. The van der Waals surface area contributed by atoms with Gasteiger partial charge in [-0.2, -0.15) is 0 Å². The molecule has 0 saturated heterocycles. The number of nitrogens with two attached hydrogens (primary N) is 1. The van der Waals surface area contributed by atoms with Gasteiger partial charge in [0.25, 0.3) is 0 Å². The van der Waals surface area contributed by atoms with Crippen LogP contribution >= 0.6 is 15.9 Å². The van der Waals surface area contributed by atoms with Crippen molar-refractivity contribution in [2.75, 3.05) is 5.73 Å². The van der Waals surface area contributed by atoms with Crippen molar-refractivity contribution < 1.29 is 8.91 Å². The van der Waals surface area contributed by atoms with Gasteiger partial charge in [0.05, 0.1) is 16.8 Å². The minimum Gasteiger partial charge on any atom is -0.367 e. The van der Waals surface area contributed by atoms with Gasteiger partial charge < -0.3 is 10.3 Å². The third kappa shape index (κ3) is 2.08. The molecule has 0 fully saturated rings. The third-order valence-corrected chi connectivity index (χ3v) is 3.50. The lowest BCUT2D eigenvalue weighted by atomic mass is 10.0. The summed E-state index contributed by atoms with van der Waals surface area (Å²) in [7, 11) is 0. The van der Waals surface area contributed by atoms with Crippen molar-refractivity contribution in [3.8, 4) is 22.5 Å². The van der Waals surface area contributed by atoms with E-state index in [2.05, 4.69) is 26.1 Å². The van der Waals surface area contributed by atoms with Gasteiger partial charge in [0.2, 0.25) is 5.88 Å². The second kappa shape index (κ2) is 5.05. The van der Waals surface area contributed by atoms with Crippen LogP contribution in [0.15, 0.2) is 51.6 Å². The third-order valence-electron chi connectivity index (χ3n) is 2.84. The molecule has 0 spiro atoms. The van der Waals surface area contributed by atoms with Crippen LogP contribution in [0.5, 0.6) is 0 Å². The van der Waals surface area contributed by atoms with Crippen molar-refractivity contribution in [2.24, 2.45) is 0 Å². The predicted molar refractivity (Wildman–Crippen MR) is 77.2 cm³/mol. The van der Waals surface area contributed by atoms with Crippen molar-refractivity contribution in [1.29, 1.82) is 0 Å². The minimum absolute atomic E-state index is 0.105. The van der Waals surface area contributed by atoms with Gasteiger partial charge in [-0.15, -0.1) is 0 Å². The summed E-state index contributed by atoms with van der Waals surface area (Å²) in [4.78, 5) is 4.21. The molecule has 0 aliphatic carbocycles. The molecule has 0 radical (unpaired) electrons. The van der Waals surface area contributed by atoms with Gasteiger partial charge >= 0.3 is 0 Å². The number of anilines is 1. The normalized spacial score (nSPS) is 10.7. The molecule has 0 unspecified atom stereocenters. The topological polar surface area (TPSA) is 64.9 Å². The molecule has 3 aromatic rings. The number of hydrogen-bond acceptors (Lipinski definition) is 4. The molecule has 20 heavy (non-hydrogen) atoms. The average Bonchev–Trinajstić information content (AvgIpc) is 2.81. The van der Waals surface area contributed by atoms with E-state index >= 15 is 0 Å². The Balaban J connectivity index is 2.27. The van der Waals surface area contributed by atoms with Gasteiger partial charge in [0.1, 0.15) is 11.5 Å². The fourth-order valence-electron chi connectivity index (χ4n) is 1.96. The van der Waals surface area contributed by atoms with Crippen LogP contribution in [-0.2, 0) is 0 Å². The van der Waals surface area contributed by atoms with Crippen molar-refractivity contribution in [3.63, 3.8) is 0 Å². The number of nitrogens with zero attached hydrogens (tertiary/aromatic N) is 2. The minimum atomic E-state index is -0.412. The molecule has 4 nitrogen and oxygen atoms in total. The number of halogens is 2. The monoisotopic (exact) mass is 333 g/mol. The molecule has 3 rings (SSSR count). The molecule has 0 amide bonds. The van der Waals surface area contributed by atoms with E-state index in [4.69, 9.17) is 10.3 Å². The first-order valence-electron chi connectivity index (χ1n) is 5.79. The highest BCUT2D eigenvalue weighted by Crippen LogP contribution is 2.39. The van der Waals surface area contributed by atoms with Gasteiger partial charge in [-0.25, -0.2) is 4.39 Å². The maximum Gasteiger partial charge on any atom is 0.232 e. The molecule has 100 valence electrons. The van der Waals surface area contributed by atoms with Crippen molar-refractivity contribution in [1.82, 2.24) is 10.1 Å². The highest BCUT2D eigenvalue weighted by molar-refractivity contribution is 9.10. The number of aromatic nitrogens is 2. The summed E-state index contributed by atoms with van der Waals surface area (Å²) in [6.45, 7) is 0. The standard InChI is InChI=1S/C14H9BrFN3O/c15-8-4-3-5-9(16)11(8)13-12(14(17)20-19-13)10-6-1-2-7-18-10/h1-7H,17H2. The lowest BCUT2D eigenvalue weighted by molar-refractivity contribution is 0.439. The van der Waals surface area contributed by atoms with Crippen molar-refractivity contribution in [3.05, 3.63) is 52.9 Å². The summed E-state index contributed by atoms with van der Waals surface area (Å²) in [5.41, 5.74) is 7.49. The highest BCUT2D eigenvalue weighted by atomic mass is 79.9. The van der Waals surface area contributed by atoms with Crippen LogP contribution in [0, 0.1) is 5.82 Å². The second-order valence-electron chi connectivity index (χ2n) is 4.08. The molecule has 0 aliphatic rings. The Morgan fingerprint density at radius 3 is 2.65 bits per heavy atom. The lowest BCUT2D eigenvalue weighted by Gasteiger charge is -2.05. The quantitative estimate of drug-likeness (QED) is 0.772. The average molecular weight is 334 g/mol. The van der Waals surface area contributed by atoms with Gasteiger partial charge in [-0.1, -0.05) is 17.3 Å². The van der Waals surface area contributed by atoms with Crippen LogP contribution in [0.25, 0.3) is 22.5 Å². The van der Waals surface area contributed by atoms with Crippen LogP contribution in [0.2, 0.25) is 0 Å². The summed E-state index contributed by atoms with van der Waals surface area (Å²) in [6.07, 6.45) is 1.63. The summed E-state index contributed by atoms with van der Waals surface area (Å²) in [5, 5.41) is 3.87. The summed E-state index contributed by atoms with van der Waals surface area (Å²) >= 11 is 3.32. The van der Waals surface area contributed by atoms with Gasteiger partial charge in [-0.05, 0) is 40.2 Å². The molecule has 2 N–H and O–H groups in total. The largest absolute Gasteiger partial charge is 0.367 e. The van der Waals surface area contributed by atoms with Crippen LogP contribution in [0.1, 0.15) is 0 Å². The molecule has 1 aromatic carbocycles. The van der Waals surface area contributed by atoms with E-state index in [1.54, 1.807) is 30.5 Å². The van der Waals surface area contributed by atoms with E-state index in [1.807, 2.05) is 6.07 Å². The molecule has 0 bridgehead atoms. The second-order valence-corrected chi connectivity index (χ2v) is 4.94. The number of pyridine rings is 1. The molecule has 0 saturated carbocycles. The Kier molecular flexibility index (Phi) is 3.23. The van der Waals surface area contributed by atoms with Gasteiger partial charge in [0, 0.05) is 10.7 Å². The number of benzene rings is 1. The number of hydrogen-bond donors (Lipinski definition) is 1. The van der Waals surface area contributed by atoms with Crippen molar-refractivity contribution in [2.45, 2.75) is 0 Å². The first-order chi connectivity index (χ1) is 9.68. The Morgan fingerprint density at radius 1 is 1.10 bits per heavy atom. The van der Waals surface area contributed by atoms with Crippen molar-refractivity contribution >= 4 is 21.8 Å². The molecule has 2 heterocycles. The van der Waals surface area contributed by atoms with E-state index in [0.29, 0.717) is 27.0 Å². The Hall–Kier alpha value is -2.21. The maximum atomic E-state index is 14.1. The van der Waals surface area contributed by atoms with E-state index in [9.17, 15) is 4.39 Å². The van der Waals surface area contributed by atoms with E-state index < -0.39 is 5.82 Å². The van der Waals surface area contributed by atoms with E-state index in [1.165, 1.54) is 6.07 Å². The van der Waals surface area contributed by atoms with Crippen LogP contribution < -0.4 is 5.73 Å². The predicted octanol–water partition coefficient (Wildman–Crippen LogP) is 3.89. The van der Waals surface area contributed by atoms with Crippen LogP contribution in [0.3, 0.4) is 0 Å². The molecular formula is C14H9BrFN3O. The van der Waals surface area contributed by atoms with Crippen LogP contribution in [-0.4, -0.2) is 10.1 Å². The fourth-order valence-corrected chi connectivity index (χ4v) is 2.49. The summed E-state index contributed by atoms with van der Waals surface area (Å²) in [6, 6.07) is 10.0. The summed E-state index contributed by atoms with van der Waals surface area (Å²) in [5.74, 6) is -0.307. The van der Waals surface area contributed by atoms with E-state index in [-0.39, 0.29) is 5.88 Å². The van der Waals surface area contributed by atoms with E-state index in [0.717, 1.165) is 0 Å². The molecule has 2 aromatic heterocycles. The molecule has 6 heteroatoms. The Morgan fingerprint density at radius 2 is 1.95 bits per heavy atom. The SMILES string of the molecule is Nc1onc(-c2c(F)cccc2Br)c1-c1ccccn1. The van der Waals surface area contributed by atoms with Gasteiger partial charge in [-0.3, -0.25) is 4.98 Å². The molecule has 0 atom stereocenters. The zero-order valence-corrected chi connectivity index (χ0v) is 11.8. The Labute approximate surface area is 122 Å². The number of rotatable bonds is 2. The summed E-state index contributed by atoms with van der Waals surface area (Å²) < 4.78 is 19.7. The fraction of sp³-hybridized carbons (Fsp3) is 0. The van der Waals surface area contributed by atoms with Crippen LogP contribution in [0.4, 0.5) is 10.3 Å². The maximum absolute atomic E-state index is 14.1. The molecular weight excluding hydrogens is 325 g/mol. The van der Waals surface area contributed by atoms with Gasteiger partial charge in [0.15, 0.2) is 0 Å². The Bertz CT molecular complexity index is 738. The number of nitrogen functional groups attached to an aromatic ring is 1. The zero-order valence-electron chi connectivity index (χ0n) is 10.2. The first-order valence-corrected chi connectivity index (χ1v) is 6.58. The zero-order chi connectivity index (χ0) is 14.1. The first kappa shape index (κ1) is 12.8. The lowest BCUT2D eigenvalue weighted by Crippen LogP contribution is -1.92. The smallest absolute Gasteiger partial charge is 0.232 e. The highest BCUT2D eigenvalue weighted by Gasteiger charge is 2.22.